The number of aliphatic hydroxyl groups is 1. The minimum absolute atomic E-state index is 0.148. The summed E-state index contributed by atoms with van der Waals surface area (Å²) in [7, 11) is 0. The van der Waals surface area contributed by atoms with E-state index in [1.54, 1.807) is 17.7 Å². The molecular weight excluding hydrogens is 252 g/mol. The third kappa shape index (κ3) is 3.18. The number of furan rings is 1. The summed E-state index contributed by atoms with van der Waals surface area (Å²) in [5, 5.41) is 13.8. The first-order chi connectivity index (χ1) is 8.81. The molecule has 0 aromatic carbocycles. The molecule has 0 aliphatic carbocycles. The lowest BCUT2D eigenvalue weighted by Gasteiger charge is -2.01. The summed E-state index contributed by atoms with van der Waals surface area (Å²) in [5.74, 6) is 0.473. The number of amides is 1. The molecule has 0 saturated heterocycles. The van der Waals surface area contributed by atoms with Crippen LogP contribution >= 0.6 is 11.3 Å². The molecule has 0 aliphatic rings. The van der Waals surface area contributed by atoms with Gasteiger partial charge in [0.25, 0.3) is 5.91 Å². The van der Waals surface area contributed by atoms with Crippen LogP contribution in [0.15, 0.2) is 28.2 Å². The van der Waals surface area contributed by atoms with Gasteiger partial charge in [-0.15, -0.1) is 11.3 Å². The third-order valence-corrected chi connectivity index (χ3v) is 3.20. The molecule has 18 heavy (non-hydrogen) atoms. The van der Waals surface area contributed by atoms with Crippen LogP contribution in [0.1, 0.15) is 23.3 Å². The highest BCUT2D eigenvalue weighted by molar-refractivity contribution is 7.13. The van der Waals surface area contributed by atoms with E-state index in [9.17, 15) is 4.79 Å². The normalized spacial score (nSPS) is 10.5. The SMILES string of the molecule is O=C(NCCCCO)c1csc(-c2ccco2)n1. The van der Waals surface area contributed by atoms with Gasteiger partial charge in [0.05, 0.1) is 6.26 Å². The number of thiazole rings is 1. The minimum atomic E-state index is -0.193. The highest BCUT2D eigenvalue weighted by Gasteiger charge is 2.12. The van der Waals surface area contributed by atoms with Crippen molar-refractivity contribution in [2.24, 2.45) is 0 Å². The molecule has 0 unspecified atom stereocenters. The molecule has 0 atom stereocenters. The molecule has 5 nitrogen and oxygen atoms in total. The summed E-state index contributed by atoms with van der Waals surface area (Å²) in [6.45, 7) is 0.697. The van der Waals surface area contributed by atoms with E-state index in [1.807, 2.05) is 6.07 Å². The number of aromatic nitrogens is 1. The zero-order valence-electron chi connectivity index (χ0n) is 9.76. The molecule has 0 bridgehead atoms. The van der Waals surface area contributed by atoms with Gasteiger partial charge in [-0.1, -0.05) is 0 Å². The Morgan fingerprint density at radius 1 is 1.50 bits per heavy atom. The van der Waals surface area contributed by atoms with Crippen LogP contribution in [0.5, 0.6) is 0 Å². The Bertz CT molecular complexity index is 493. The van der Waals surface area contributed by atoms with Gasteiger partial charge in [0.15, 0.2) is 10.8 Å². The van der Waals surface area contributed by atoms with Crippen molar-refractivity contribution >= 4 is 17.2 Å². The van der Waals surface area contributed by atoms with Crippen LogP contribution < -0.4 is 5.32 Å². The van der Waals surface area contributed by atoms with Crippen molar-refractivity contribution in [1.29, 1.82) is 0 Å². The molecule has 2 aromatic rings. The van der Waals surface area contributed by atoms with Gasteiger partial charge in [-0.3, -0.25) is 4.79 Å². The van der Waals surface area contributed by atoms with Crippen molar-refractivity contribution in [3.8, 4) is 10.8 Å². The fourth-order valence-electron chi connectivity index (χ4n) is 1.42. The summed E-state index contributed by atoms with van der Waals surface area (Å²) < 4.78 is 5.21. The molecule has 2 N–H and O–H groups in total. The zero-order chi connectivity index (χ0) is 12.8. The summed E-state index contributed by atoms with van der Waals surface area (Å²) in [6, 6.07) is 3.59. The first kappa shape index (κ1) is 12.8. The van der Waals surface area contributed by atoms with E-state index in [-0.39, 0.29) is 12.5 Å². The van der Waals surface area contributed by atoms with E-state index < -0.39 is 0 Å². The van der Waals surface area contributed by atoms with Crippen molar-refractivity contribution in [3.05, 3.63) is 29.5 Å². The molecule has 0 spiro atoms. The highest BCUT2D eigenvalue weighted by atomic mass is 32.1. The Morgan fingerprint density at radius 2 is 2.39 bits per heavy atom. The molecule has 0 saturated carbocycles. The van der Waals surface area contributed by atoms with Gasteiger partial charge in [-0.05, 0) is 25.0 Å². The van der Waals surface area contributed by atoms with E-state index in [2.05, 4.69) is 10.3 Å². The van der Waals surface area contributed by atoms with Crippen LogP contribution in [0, 0.1) is 0 Å². The van der Waals surface area contributed by atoms with Crippen LogP contribution in [-0.4, -0.2) is 29.1 Å². The Kier molecular flexibility index (Phi) is 4.49. The maximum atomic E-state index is 11.7. The van der Waals surface area contributed by atoms with Crippen molar-refractivity contribution in [3.63, 3.8) is 0 Å². The number of hydrogen-bond donors (Lipinski definition) is 2. The van der Waals surface area contributed by atoms with E-state index in [0.29, 0.717) is 29.4 Å². The molecule has 96 valence electrons. The average molecular weight is 266 g/mol. The lowest BCUT2D eigenvalue weighted by Crippen LogP contribution is -2.24. The minimum Gasteiger partial charge on any atom is -0.462 e. The van der Waals surface area contributed by atoms with Crippen LogP contribution in [-0.2, 0) is 0 Å². The summed E-state index contributed by atoms with van der Waals surface area (Å²) >= 11 is 1.37. The molecule has 2 rings (SSSR count). The molecule has 2 heterocycles. The van der Waals surface area contributed by atoms with Crippen LogP contribution in [0.25, 0.3) is 10.8 Å². The Morgan fingerprint density at radius 3 is 3.11 bits per heavy atom. The molecule has 0 fully saturated rings. The van der Waals surface area contributed by atoms with Gasteiger partial charge in [0.1, 0.15) is 5.69 Å². The first-order valence-corrected chi connectivity index (χ1v) is 6.57. The van der Waals surface area contributed by atoms with Crippen molar-refractivity contribution in [2.75, 3.05) is 13.2 Å². The summed E-state index contributed by atoms with van der Waals surface area (Å²) in [6.07, 6.45) is 3.03. The van der Waals surface area contributed by atoms with Gasteiger partial charge >= 0.3 is 0 Å². The van der Waals surface area contributed by atoms with Crippen molar-refractivity contribution in [1.82, 2.24) is 10.3 Å². The van der Waals surface area contributed by atoms with Crippen LogP contribution in [0.3, 0.4) is 0 Å². The lowest BCUT2D eigenvalue weighted by atomic mass is 10.3. The second-order valence-electron chi connectivity index (χ2n) is 3.70. The Labute approximate surface area is 108 Å². The fourth-order valence-corrected chi connectivity index (χ4v) is 2.19. The Balaban J connectivity index is 1.91. The number of nitrogens with one attached hydrogen (secondary N) is 1. The van der Waals surface area contributed by atoms with Crippen LogP contribution in [0.4, 0.5) is 0 Å². The van der Waals surface area contributed by atoms with Crippen molar-refractivity contribution in [2.45, 2.75) is 12.8 Å². The summed E-state index contributed by atoms with van der Waals surface area (Å²) in [5.41, 5.74) is 0.399. The predicted octanol–water partition coefficient (Wildman–Crippen LogP) is 1.91. The molecule has 1 amide bonds. The highest BCUT2D eigenvalue weighted by Crippen LogP contribution is 2.23. The van der Waals surface area contributed by atoms with Crippen LogP contribution in [0.2, 0.25) is 0 Å². The second-order valence-corrected chi connectivity index (χ2v) is 4.56. The molecule has 2 aromatic heterocycles. The largest absolute Gasteiger partial charge is 0.462 e. The van der Waals surface area contributed by atoms with Gasteiger partial charge in [-0.25, -0.2) is 4.98 Å². The molecular formula is C12H14N2O3S. The van der Waals surface area contributed by atoms with Gasteiger partial charge < -0.3 is 14.8 Å². The number of aliphatic hydroxyl groups excluding tert-OH is 1. The number of carbonyl (C=O) groups is 1. The standard InChI is InChI=1S/C12H14N2O3S/c15-6-2-1-5-13-11(16)9-8-18-12(14-9)10-4-3-7-17-10/h3-4,7-8,15H,1-2,5-6H2,(H,13,16). The Hall–Kier alpha value is -1.66. The van der Waals surface area contributed by atoms with Gasteiger partial charge in [0.2, 0.25) is 0 Å². The van der Waals surface area contributed by atoms with Gasteiger partial charge in [-0.2, -0.15) is 0 Å². The van der Waals surface area contributed by atoms with E-state index in [4.69, 9.17) is 9.52 Å². The zero-order valence-corrected chi connectivity index (χ0v) is 10.6. The maximum absolute atomic E-state index is 11.7. The van der Waals surface area contributed by atoms with Crippen molar-refractivity contribution < 1.29 is 14.3 Å². The number of nitrogens with zero attached hydrogens (tertiary/aromatic N) is 1. The average Bonchev–Trinajstić information content (AvgIpc) is 3.03. The molecule has 0 radical (unpaired) electrons. The van der Waals surface area contributed by atoms with E-state index >= 15 is 0 Å². The second kappa shape index (κ2) is 6.32. The number of carbonyl (C=O) groups excluding carboxylic acids is 1. The van der Waals surface area contributed by atoms with E-state index in [1.165, 1.54) is 11.3 Å². The molecule has 6 heteroatoms. The summed E-state index contributed by atoms with van der Waals surface area (Å²) in [4.78, 5) is 15.9. The number of hydrogen-bond acceptors (Lipinski definition) is 5. The first-order valence-electron chi connectivity index (χ1n) is 5.69. The maximum Gasteiger partial charge on any atom is 0.270 e. The number of rotatable bonds is 6. The molecule has 0 aliphatic heterocycles. The lowest BCUT2D eigenvalue weighted by molar-refractivity contribution is 0.0948. The topological polar surface area (TPSA) is 75.4 Å². The predicted molar refractivity (Wildman–Crippen MR) is 68.5 cm³/mol. The monoisotopic (exact) mass is 266 g/mol. The van der Waals surface area contributed by atoms with E-state index in [0.717, 1.165) is 6.42 Å². The van der Waals surface area contributed by atoms with Gasteiger partial charge in [0, 0.05) is 18.5 Å². The third-order valence-electron chi connectivity index (χ3n) is 2.34. The number of unbranched alkanes of at least 4 members (excludes halogenated alkanes) is 1. The quantitative estimate of drug-likeness (QED) is 0.783. The fraction of sp³-hybridized carbons (Fsp3) is 0.333. The smallest absolute Gasteiger partial charge is 0.270 e.